The number of hydrogen-bond acceptors (Lipinski definition) is 15. The second-order valence-corrected chi connectivity index (χ2v) is 33.2. The minimum absolute atomic E-state index is 0.00400. The predicted molar refractivity (Wildman–Crippen MR) is 301 cm³/mol. The fraction of sp³-hybridized carbons (Fsp3) is 0.544. The highest BCUT2D eigenvalue weighted by Crippen LogP contribution is 2.46. The zero-order chi connectivity index (χ0) is 57.8. The first-order chi connectivity index (χ1) is 36.4. The highest BCUT2D eigenvalue weighted by atomic mass is 28.4. The molecule has 2 heterocycles. The number of amides is 2. The van der Waals surface area contributed by atoms with E-state index in [4.69, 9.17) is 32.5 Å². The number of nitrogens with one attached hydrogen (secondary N) is 3. The number of methoxy groups -OCH3 is 1. The van der Waals surface area contributed by atoms with Crippen molar-refractivity contribution in [2.24, 2.45) is 0 Å². The van der Waals surface area contributed by atoms with Crippen molar-refractivity contribution >= 4 is 40.6 Å². The third-order valence-corrected chi connectivity index (χ3v) is 23.3. The van der Waals surface area contributed by atoms with Gasteiger partial charge in [-0.15, -0.1) is 0 Å². The molecule has 1 aliphatic rings. The maximum atomic E-state index is 14.7. The summed E-state index contributed by atoms with van der Waals surface area (Å²) < 4.78 is 45.8. The number of esters is 2. The molecular weight excluding hydrogens is 1030 g/mol. The van der Waals surface area contributed by atoms with E-state index in [-0.39, 0.29) is 49.3 Å². The molecule has 0 aliphatic carbocycles. The molecule has 3 aromatic carbocycles. The maximum Gasteiger partial charge on any atom is 0.408 e. The van der Waals surface area contributed by atoms with Crippen LogP contribution in [0.4, 0.5) is 4.79 Å². The van der Waals surface area contributed by atoms with Gasteiger partial charge < -0.3 is 53.6 Å². The van der Waals surface area contributed by atoms with Crippen LogP contribution >= 0.6 is 0 Å². The summed E-state index contributed by atoms with van der Waals surface area (Å²) in [5.74, 6) is -1.63. The molecule has 2 amide bonds. The smallest absolute Gasteiger partial charge is 0.408 e. The number of carbonyl (C=O) groups excluding carboxylic acids is 4. The molecule has 1 unspecified atom stereocenters. The van der Waals surface area contributed by atoms with E-state index in [1.807, 2.05) is 25.2 Å². The third-order valence-electron chi connectivity index (χ3n) is 14.4. The number of nitrogens with zero attached hydrogens (tertiary/aromatic N) is 2. The van der Waals surface area contributed by atoms with Crippen molar-refractivity contribution in [2.45, 2.75) is 180 Å². The number of aromatic nitrogens is 2. The van der Waals surface area contributed by atoms with Gasteiger partial charge in [0.05, 0.1) is 20.1 Å². The Morgan fingerprint density at radius 3 is 1.81 bits per heavy atom. The van der Waals surface area contributed by atoms with Gasteiger partial charge in [-0.3, -0.25) is 28.3 Å². The normalized spacial score (nSPS) is 18.3. The van der Waals surface area contributed by atoms with Crippen molar-refractivity contribution in [3.8, 4) is 5.75 Å². The van der Waals surface area contributed by atoms with Gasteiger partial charge in [-0.2, -0.15) is 0 Å². The zero-order valence-corrected chi connectivity index (χ0v) is 49.9. The number of aliphatic hydroxyl groups excluding tert-OH is 1. The Morgan fingerprint density at radius 1 is 0.718 bits per heavy atom. The Kier molecular flexibility index (Phi) is 21.6. The van der Waals surface area contributed by atoms with Crippen LogP contribution in [0.1, 0.15) is 98.1 Å². The molecular formula is C57H83N5O14Si2. The van der Waals surface area contributed by atoms with Crippen molar-refractivity contribution in [1.29, 1.82) is 0 Å². The van der Waals surface area contributed by atoms with Crippen molar-refractivity contribution in [3.05, 3.63) is 135 Å². The van der Waals surface area contributed by atoms with Crippen LogP contribution in [0.2, 0.25) is 36.3 Å². The minimum atomic E-state index is -2.81. The summed E-state index contributed by atoms with van der Waals surface area (Å²) in [6, 6.07) is 23.4. The predicted octanol–water partition coefficient (Wildman–Crippen LogP) is 7.34. The highest BCUT2D eigenvalue weighted by Gasteiger charge is 2.58. The van der Waals surface area contributed by atoms with Gasteiger partial charge in [0, 0.05) is 18.8 Å². The Bertz CT molecular complexity index is 2680. The molecule has 19 nitrogen and oxygen atoms in total. The minimum Gasteiger partial charge on any atom is -0.497 e. The van der Waals surface area contributed by atoms with Gasteiger partial charge in [-0.1, -0.05) is 114 Å². The number of hydrogen-bond donors (Lipinski definition) is 4. The van der Waals surface area contributed by atoms with Crippen molar-refractivity contribution in [2.75, 3.05) is 20.2 Å². The van der Waals surface area contributed by atoms with Crippen LogP contribution in [-0.2, 0) is 61.9 Å². The first-order valence-electron chi connectivity index (χ1n) is 26.5. The second kappa shape index (κ2) is 26.8. The van der Waals surface area contributed by atoms with Crippen LogP contribution in [0.5, 0.6) is 5.75 Å². The molecule has 1 saturated heterocycles. The van der Waals surface area contributed by atoms with Gasteiger partial charge in [0.15, 0.2) is 22.9 Å². The summed E-state index contributed by atoms with van der Waals surface area (Å²) in [5, 5.41) is 20.5. The van der Waals surface area contributed by atoms with Crippen LogP contribution in [0.15, 0.2) is 107 Å². The maximum absolute atomic E-state index is 14.7. The fourth-order valence-electron chi connectivity index (χ4n) is 7.90. The van der Waals surface area contributed by atoms with Gasteiger partial charge in [0.1, 0.15) is 61.1 Å². The lowest BCUT2D eigenvalue weighted by atomic mass is 9.99. The van der Waals surface area contributed by atoms with Gasteiger partial charge >= 0.3 is 23.7 Å². The molecule has 0 saturated carbocycles. The molecule has 7 atom stereocenters. The van der Waals surface area contributed by atoms with E-state index >= 15 is 0 Å². The summed E-state index contributed by atoms with van der Waals surface area (Å²) in [5.41, 5.74) is -0.105. The van der Waals surface area contributed by atoms with Crippen LogP contribution < -0.4 is 31.9 Å². The van der Waals surface area contributed by atoms with E-state index in [9.17, 15) is 33.9 Å². The first-order valence-corrected chi connectivity index (χ1v) is 32.3. The molecule has 21 heteroatoms. The van der Waals surface area contributed by atoms with E-state index in [1.165, 1.54) is 16.8 Å². The monoisotopic (exact) mass is 1120 g/mol. The molecule has 1 fully saturated rings. The third kappa shape index (κ3) is 17.5. The van der Waals surface area contributed by atoms with E-state index in [2.05, 4.69) is 70.6 Å². The number of aliphatic hydroxyl groups is 1. The van der Waals surface area contributed by atoms with Gasteiger partial charge in [-0.05, 0) is 98.8 Å². The number of benzene rings is 3. The molecule has 0 radical (unpaired) electrons. The van der Waals surface area contributed by atoms with Gasteiger partial charge in [0.25, 0.3) is 5.56 Å². The average molecular weight is 1120 g/mol. The molecule has 0 spiro atoms. The van der Waals surface area contributed by atoms with Crippen molar-refractivity contribution < 1.29 is 56.8 Å². The quantitative estimate of drug-likeness (QED) is 0.0233. The van der Waals surface area contributed by atoms with Crippen LogP contribution in [0.25, 0.3) is 0 Å². The molecule has 1 aliphatic heterocycles. The standard InChI is InChI=1S/C57H83N5O14Si2/c1-55(2,3)74-52(67)45(58-31-21-32-59-50(66)42(34-44(64)71-36-39-22-17-15-18-23-39)60-53(68)72-37-40-24-19-16-20-25-40)46(65)47-48(75-77(11,12)56(4,5)6)49(76-78(13,14)57(7,8)9)51(73-47)61-33-30-43(63)62(54(61)69)35-38-26-28-41(70-10)29-27-38/h15-20,22-30,33,42,45-49,51,58,65H,21,31-32,34-37H2,1-14H3,(H,59,66)(H,60,68)/t42-,45+,46-,47?,48-,49-,51-/m1/s1. The summed E-state index contributed by atoms with van der Waals surface area (Å²) in [4.78, 5) is 82.4. The average Bonchev–Trinajstić information content (AvgIpc) is 3.81. The number of carbonyl (C=O) groups is 4. The number of alkyl carbamates (subject to hydrolysis) is 1. The SMILES string of the molecule is COc1ccc(Cn2c(=O)ccn([C@@H]3OC([C@H](O)[C@H](NCCCNC(=O)[C@@H](CC(=O)OCc4ccccc4)NC(=O)OCc4ccccc4)C(=O)OC(C)(C)C)[C@@H](O[Si](C)(C)C(C)(C)C)[C@H]3O[Si](C)(C)C(C)(C)C)c2=O)cc1. The first kappa shape index (κ1) is 62.9. The summed E-state index contributed by atoms with van der Waals surface area (Å²) in [6.07, 6.45) is -6.26. The molecule has 4 N–H and O–H groups in total. The lowest BCUT2D eigenvalue weighted by molar-refractivity contribution is -0.166. The molecule has 5 rings (SSSR count). The van der Waals surface area contributed by atoms with Gasteiger partial charge in [0.2, 0.25) is 5.91 Å². The number of rotatable bonds is 24. The Labute approximate surface area is 460 Å². The van der Waals surface area contributed by atoms with Crippen LogP contribution in [0, 0.1) is 0 Å². The second-order valence-electron chi connectivity index (χ2n) is 23.7. The van der Waals surface area contributed by atoms with Gasteiger partial charge in [-0.25, -0.2) is 9.59 Å². The lowest BCUT2D eigenvalue weighted by Gasteiger charge is -2.44. The topological polar surface area (TPSA) is 233 Å². The van der Waals surface area contributed by atoms with Crippen molar-refractivity contribution in [3.63, 3.8) is 0 Å². The summed E-state index contributed by atoms with van der Waals surface area (Å²) in [6.45, 7) is 25.6. The zero-order valence-electron chi connectivity index (χ0n) is 47.9. The van der Waals surface area contributed by atoms with E-state index < -0.39 is 107 Å². The molecule has 0 bridgehead atoms. The largest absolute Gasteiger partial charge is 0.497 e. The molecule has 428 valence electrons. The Hall–Kier alpha value is -5.95. The van der Waals surface area contributed by atoms with E-state index in [0.717, 1.165) is 15.7 Å². The van der Waals surface area contributed by atoms with Crippen LogP contribution in [-0.4, -0.2) is 117 Å². The molecule has 1 aromatic heterocycles. The van der Waals surface area contributed by atoms with E-state index in [0.29, 0.717) is 11.3 Å². The fourth-order valence-corrected chi connectivity index (χ4v) is 10.5. The Balaban J connectivity index is 1.44. The van der Waals surface area contributed by atoms with Crippen molar-refractivity contribution in [1.82, 2.24) is 25.1 Å². The molecule has 78 heavy (non-hydrogen) atoms. The highest BCUT2D eigenvalue weighted by molar-refractivity contribution is 6.74. The number of ether oxygens (including phenoxy) is 5. The van der Waals surface area contributed by atoms with E-state index in [1.54, 1.807) is 101 Å². The Morgan fingerprint density at radius 2 is 1.27 bits per heavy atom. The molecule has 4 aromatic rings. The lowest BCUT2D eigenvalue weighted by Crippen LogP contribution is -2.59. The summed E-state index contributed by atoms with van der Waals surface area (Å²) in [7, 11) is -4.05. The van der Waals surface area contributed by atoms with Crippen LogP contribution in [0.3, 0.4) is 0 Å². The summed E-state index contributed by atoms with van der Waals surface area (Å²) >= 11 is 0.